The van der Waals surface area contributed by atoms with Crippen LogP contribution in [-0.2, 0) is 0 Å². The first-order chi connectivity index (χ1) is 10.6. The van der Waals surface area contributed by atoms with Crippen molar-refractivity contribution in [1.82, 2.24) is 14.9 Å². The molecule has 2 aromatic rings. The Labute approximate surface area is 138 Å². The molecule has 1 aromatic carbocycles. The molecule has 1 amide bonds. The average molecular weight is 337 g/mol. The molecule has 0 bridgehead atoms. The molecule has 0 aliphatic carbocycles. The average Bonchev–Trinajstić information content (AvgIpc) is 2.56. The van der Waals surface area contributed by atoms with Crippen molar-refractivity contribution in [3.63, 3.8) is 0 Å². The summed E-state index contributed by atoms with van der Waals surface area (Å²) in [5.74, 6) is -0.150. The summed E-state index contributed by atoms with van der Waals surface area (Å²) in [5, 5.41) is 1.00. The molecule has 114 valence electrons. The van der Waals surface area contributed by atoms with Crippen LogP contribution in [0.5, 0.6) is 0 Å². The largest absolute Gasteiger partial charge is 0.368 e. The second-order valence-corrected chi connectivity index (χ2v) is 5.82. The molecule has 1 aliphatic heterocycles. The Morgan fingerprint density at radius 2 is 1.73 bits per heavy atom. The zero-order valence-corrected chi connectivity index (χ0v) is 13.3. The Morgan fingerprint density at radius 1 is 1.05 bits per heavy atom. The molecule has 0 atom stereocenters. The Balaban J connectivity index is 1.65. The molecule has 0 N–H and O–H groups in total. The summed E-state index contributed by atoms with van der Waals surface area (Å²) < 4.78 is 0. The van der Waals surface area contributed by atoms with Crippen LogP contribution in [0.25, 0.3) is 0 Å². The second kappa shape index (κ2) is 6.50. The molecule has 0 spiro atoms. The van der Waals surface area contributed by atoms with Crippen molar-refractivity contribution >= 4 is 34.8 Å². The van der Waals surface area contributed by atoms with Crippen LogP contribution in [0.15, 0.2) is 36.8 Å². The first-order valence-corrected chi connectivity index (χ1v) is 7.66. The molecule has 1 aliphatic rings. The van der Waals surface area contributed by atoms with Crippen LogP contribution in [0.1, 0.15) is 10.5 Å². The zero-order valence-electron chi connectivity index (χ0n) is 11.7. The normalized spacial score (nSPS) is 15.0. The van der Waals surface area contributed by atoms with Gasteiger partial charge in [0.15, 0.2) is 0 Å². The Kier molecular flexibility index (Phi) is 4.45. The molecule has 22 heavy (non-hydrogen) atoms. The number of hydrogen-bond acceptors (Lipinski definition) is 4. The maximum atomic E-state index is 12.4. The van der Waals surface area contributed by atoms with Crippen LogP contribution in [0.2, 0.25) is 10.0 Å². The van der Waals surface area contributed by atoms with E-state index in [1.54, 1.807) is 4.90 Å². The van der Waals surface area contributed by atoms with Gasteiger partial charge in [-0.1, -0.05) is 23.2 Å². The fourth-order valence-electron chi connectivity index (χ4n) is 2.44. The van der Waals surface area contributed by atoms with Gasteiger partial charge in [0, 0.05) is 43.1 Å². The van der Waals surface area contributed by atoms with E-state index in [0.717, 1.165) is 23.8 Å². The lowest BCUT2D eigenvalue weighted by atomic mass is 10.2. The Hall–Kier alpha value is -1.85. The van der Waals surface area contributed by atoms with Crippen molar-refractivity contribution in [3.05, 3.63) is 52.5 Å². The van der Waals surface area contributed by atoms with Crippen molar-refractivity contribution in [2.75, 3.05) is 31.1 Å². The fraction of sp³-hybridized carbons (Fsp3) is 0.267. The van der Waals surface area contributed by atoms with E-state index in [1.165, 1.54) is 12.5 Å². The number of aromatic nitrogens is 2. The van der Waals surface area contributed by atoms with Crippen LogP contribution >= 0.6 is 23.2 Å². The van der Waals surface area contributed by atoms with E-state index < -0.39 is 0 Å². The summed E-state index contributed by atoms with van der Waals surface area (Å²) in [6.07, 6.45) is 2.77. The summed E-state index contributed by atoms with van der Waals surface area (Å²) in [6.45, 7) is 2.77. The molecular weight excluding hydrogens is 323 g/mol. The highest BCUT2D eigenvalue weighted by atomic mass is 35.5. The number of anilines is 1. The number of carbonyl (C=O) groups is 1. The minimum Gasteiger partial charge on any atom is -0.368 e. The minimum atomic E-state index is -0.150. The summed E-state index contributed by atoms with van der Waals surface area (Å²) in [7, 11) is 0. The standard InChI is InChI=1S/C15H14Cl2N4O/c16-11-1-3-12(4-2-11)20-5-7-21(8-6-20)15(22)14-13(17)9-18-10-19-14/h1-4,9-10H,5-8H2. The smallest absolute Gasteiger partial charge is 0.274 e. The predicted octanol–water partition coefficient (Wildman–Crippen LogP) is 2.75. The third-order valence-corrected chi connectivity index (χ3v) is 4.16. The van der Waals surface area contributed by atoms with Crippen LogP contribution in [-0.4, -0.2) is 47.0 Å². The Morgan fingerprint density at radius 3 is 2.36 bits per heavy atom. The Bertz CT molecular complexity index is 669. The van der Waals surface area contributed by atoms with E-state index in [1.807, 2.05) is 24.3 Å². The number of benzene rings is 1. The van der Waals surface area contributed by atoms with E-state index in [9.17, 15) is 4.79 Å². The number of hydrogen-bond donors (Lipinski definition) is 0. The lowest BCUT2D eigenvalue weighted by Crippen LogP contribution is -2.49. The first kappa shape index (κ1) is 15.1. The fourth-order valence-corrected chi connectivity index (χ4v) is 2.75. The lowest BCUT2D eigenvalue weighted by Gasteiger charge is -2.36. The summed E-state index contributed by atoms with van der Waals surface area (Å²) >= 11 is 11.9. The minimum absolute atomic E-state index is 0.150. The van der Waals surface area contributed by atoms with Crippen molar-refractivity contribution in [2.45, 2.75) is 0 Å². The van der Waals surface area contributed by atoms with Gasteiger partial charge in [-0.15, -0.1) is 0 Å². The molecular formula is C15H14Cl2N4O. The lowest BCUT2D eigenvalue weighted by molar-refractivity contribution is 0.0741. The molecule has 0 saturated carbocycles. The summed E-state index contributed by atoms with van der Waals surface area (Å²) in [6, 6.07) is 7.71. The number of halogens is 2. The maximum absolute atomic E-state index is 12.4. The van der Waals surface area contributed by atoms with Gasteiger partial charge in [0.1, 0.15) is 12.0 Å². The van der Waals surface area contributed by atoms with E-state index in [0.29, 0.717) is 13.1 Å². The van der Waals surface area contributed by atoms with Crippen molar-refractivity contribution in [1.29, 1.82) is 0 Å². The highest BCUT2D eigenvalue weighted by Crippen LogP contribution is 2.20. The van der Waals surface area contributed by atoms with Gasteiger partial charge < -0.3 is 9.80 Å². The van der Waals surface area contributed by atoms with Gasteiger partial charge in [-0.05, 0) is 24.3 Å². The molecule has 2 heterocycles. The molecule has 5 nitrogen and oxygen atoms in total. The molecule has 0 unspecified atom stereocenters. The monoisotopic (exact) mass is 336 g/mol. The van der Waals surface area contributed by atoms with Gasteiger partial charge in [-0.25, -0.2) is 9.97 Å². The van der Waals surface area contributed by atoms with Gasteiger partial charge >= 0.3 is 0 Å². The van der Waals surface area contributed by atoms with Crippen molar-refractivity contribution < 1.29 is 4.79 Å². The van der Waals surface area contributed by atoms with Crippen LogP contribution in [0, 0.1) is 0 Å². The molecule has 7 heteroatoms. The van der Waals surface area contributed by atoms with Gasteiger partial charge in [-0.2, -0.15) is 0 Å². The van der Waals surface area contributed by atoms with Crippen LogP contribution < -0.4 is 4.90 Å². The van der Waals surface area contributed by atoms with Crippen LogP contribution in [0.3, 0.4) is 0 Å². The number of carbonyl (C=O) groups excluding carboxylic acids is 1. The SMILES string of the molecule is O=C(c1ncncc1Cl)N1CCN(c2ccc(Cl)cc2)CC1. The molecule has 1 saturated heterocycles. The maximum Gasteiger partial charge on any atom is 0.274 e. The van der Waals surface area contributed by atoms with Crippen molar-refractivity contribution in [2.24, 2.45) is 0 Å². The summed E-state index contributed by atoms with van der Waals surface area (Å²) in [4.78, 5) is 24.2. The highest BCUT2D eigenvalue weighted by molar-refractivity contribution is 6.33. The summed E-state index contributed by atoms with van der Waals surface area (Å²) in [5.41, 5.74) is 1.37. The molecule has 1 aromatic heterocycles. The quantitative estimate of drug-likeness (QED) is 0.846. The zero-order chi connectivity index (χ0) is 15.5. The second-order valence-electron chi connectivity index (χ2n) is 4.97. The van der Waals surface area contributed by atoms with Gasteiger partial charge in [0.05, 0.1) is 5.02 Å². The number of rotatable bonds is 2. The topological polar surface area (TPSA) is 49.3 Å². The number of nitrogens with zero attached hydrogens (tertiary/aromatic N) is 4. The first-order valence-electron chi connectivity index (χ1n) is 6.90. The molecule has 0 radical (unpaired) electrons. The van der Waals surface area contributed by atoms with Gasteiger partial charge in [0.25, 0.3) is 5.91 Å². The number of amides is 1. The van der Waals surface area contributed by atoms with Crippen molar-refractivity contribution in [3.8, 4) is 0 Å². The predicted molar refractivity (Wildman–Crippen MR) is 86.6 cm³/mol. The van der Waals surface area contributed by atoms with E-state index in [2.05, 4.69) is 14.9 Å². The van der Waals surface area contributed by atoms with E-state index in [4.69, 9.17) is 23.2 Å². The third kappa shape index (κ3) is 3.15. The van der Waals surface area contributed by atoms with Gasteiger partial charge in [0.2, 0.25) is 0 Å². The highest BCUT2D eigenvalue weighted by Gasteiger charge is 2.24. The third-order valence-electron chi connectivity index (χ3n) is 3.63. The van der Waals surface area contributed by atoms with E-state index >= 15 is 0 Å². The van der Waals surface area contributed by atoms with Gasteiger partial charge in [-0.3, -0.25) is 4.79 Å². The molecule has 1 fully saturated rings. The van der Waals surface area contributed by atoms with E-state index in [-0.39, 0.29) is 16.6 Å². The van der Waals surface area contributed by atoms with Crippen LogP contribution in [0.4, 0.5) is 5.69 Å². The molecule has 3 rings (SSSR count). The number of piperazine rings is 1.